The molecule has 2 atom stereocenters. The summed E-state index contributed by atoms with van der Waals surface area (Å²) < 4.78 is 4.80. The van der Waals surface area contributed by atoms with E-state index in [1.54, 1.807) is 9.80 Å². The lowest BCUT2D eigenvalue weighted by atomic mass is 9.73. The number of nitrogens with zero attached hydrogens (tertiary/aromatic N) is 2. The van der Waals surface area contributed by atoms with Crippen molar-refractivity contribution in [2.75, 3.05) is 39.9 Å². The Labute approximate surface area is 117 Å². The Balaban J connectivity index is 1.83. The maximum Gasteiger partial charge on any atom is 0.307 e. The Bertz CT molecular complexity index is 404. The van der Waals surface area contributed by atoms with Crippen molar-refractivity contribution in [2.24, 2.45) is 11.8 Å². The number of amides is 2. The first-order chi connectivity index (χ1) is 9.54. The third-order valence-electron chi connectivity index (χ3n) is 4.12. The number of hydrogen-bond donors (Lipinski definition) is 1. The molecular formula is C13H20N2O5. The van der Waals surface area contributed by atoms with E-state index in [1.807, 2.05) is 0 Å². The number of ether oxygens (including phenoxy) is 1. The lowest BCUT2D eigenvalue weighted by Gasteiger charge is -2.40. The van der Waals surface area contributed by atoms with Crippen LogP contribution in [0.1, 0.15) is 12.8 Å². The SMILES string of the molecule is COCC(=O)N1CCN(C(=O)C2CCC2C(=O)O)CC1. The maximum absolute atomic E-state index is 12.2. The summed E-state index contributed by atoms with van der Waals surface area (Å²) in [5.74, 6) is -1.96. The Morgan fingerprint density at radius 2 is 1.60 bits per heavy atom. The van der Waals surface area contributed by atoms with Crippen molar-refractivity contribution in [1.82, 2.24) is 9.80 Å². The van der Waals surface area contributed by atoms with Crippen LogP contribution in [0.3, 0.4) is 0 Å². The van der Waals surface area contributed by atoms with Gasteiger partial charge in [0.2, 0.25) is 11.8 Å². The standard InChI is InChI=1S/C13H20N2O5/c1-20-8-11(16)14-4-6-15(7-5-14)12(17)9-2-3-10(9)13(18)19/h9-10H,2-8H2,1H3,(H,18,19). The molecule has 7 heteroatoms. The molecule has 2 fully saturated rings. The van der Waals surface area contributed by atoms with Crippen molar-refractivity contribution < 1.29 is 24.2 Å². The number of aliphatic carboxylic acids is 1. The Hall–Kier alpha value is -1.63. The van der Waals surface area contributed by atoms with E-state index in [4.69, 9.17) is 9.84 Å². The zero-order valence-corrected chi connectivity index (χ0v) is 11.6. The second-order valence-corrected chi connectivity index (χ2v) is 5.27. The second kappa shape index (κ2) is 6.21. The van der Waals surface area contributed by atoms with Crippen LogP contribution >= 0.6 is 0 Å². The van der Waals surface area contributed by atoms with E-state index in [-0.39, 0.29) is 24.3 Å². The lowest BCUT2D eigenvalue weighted by molar-refractivity contribution is -0.158. The Morgan fingerprint density at radius 1 is 1.05 bits per heavy atom. The van der Waals surface area contributed by atoms with Gasteiger partial charge in [-0.15, -0.1) is 0 Å². The Morgan fingerprint density at radius 3 is 2.05 bits per heavy atom. The van der Waals surface area contributed by atoms with Gasteiger partial charge in [0.25, 0.3) is 0 Å². The van der Waals surface area contributed by atoms with Crippen LogP contribution in [0.5, 0.6) is 0 Å². The van der Waals surface area contributed by atoms with E-state index in [1.165, 1.54) is 7.11 Å². The monoisotopic (exact) mass is 284 g/mol. The van der Waals surface area contributed by atoms with Crippen molar-refractivity contribution in [3.8, 4) is 0 Å². The highest BCUT2D eigenvalue weighted by Crippen LogP contribution is 2.36. The van der Waals surface area contributed by atoms with Crippen LogP contribution in [-0.2, 0) is 19.1 Å². The normalized spacial score (nSPS) is 26.1. The molecule has 0 spiro atoms. The summed E-state index contributed by atoms with van der Waals surface area (Å²) in [7, 11) is 1.47. The van der Waals surface area contributed by atoms with Crippen molar-refractivity contribution >= 4 is 17.8 Å². The highest BCUT2D eigenvalue weighted by atomic mass is 16.5. The van der Waals surface area contributed by atoms with E-state index in [0.717, 1.165) is 0 Å². The minimum absolute atomic E-state index is 0.0532. The number of carboxylic acid groups (broad SMARTS) is 1. The molecule has 20 heavy (non-hydrogen) atoms. The molecule has 1 saturated heterocycles. The fourth-order valence-corrected chi connectivity index (χ4v) is 2.72. The topological polar surface area (TPSA) is 87.2 Å². The quantitative estimate of drug-likeness (QED) is 0.746. The summed E-state index contributed by atoms with van der Waals surface area (Å²) in [6.07, 6.45) is 1.23. The molecule has 2 aliphatic rings. The highest BCUT2D eigenvalue weighted by Gasteiger charge is 2.43. The van der Waals surface area contributed by atoms with Crippen molar-refractivity contribution in [1.29, 1.82) is 0 Å². The molecular weight excluding hydrogens is 264 g/mol. The van der Waals surface area contributed by atoms with Gasteiger partial charge < -0.3 is 19.6 Å². The highest BCUT2D eigenvalue weighted by molar-refractivity contribution is 5.86. The molecule has 1 saturated carbocycles. The van der Waals surface area contributed by atoms with E-state index in [0.29, 0.717) is 39.0 Å². The molecule has 0 aromatic heterocycles. The van der Waals surface area contributed by atoms with Crippen LogP contribution in [0.2, 0.25) is 0 Å². The van der Waals surface area contributed by atoms with Crippen molar-refractivity contribution in [3.63, 3.8) is 0 Å². The number of methoxy groups -OCH3 is 1. The molecule has 1 heterocycles. The summed E-state index contributed by atoms with van der Waals surface area (Å²) in [4.78, 5) is 38.2. The first-order valence-corrected chi connectivity index (χ1v) is 6.83. The summed E-state index contributed by atoms with van der Waals surface area (Å²) in [5.41, 5.74) is 0. The molecule has 1 aliphatic carbocycles. The molecule has 1 aliphatic heterocycles. The largest absolute Gasteiger partial charge is 0.481 e. The summed E-state index contributed by atoms with van der Waals surface area (Å²) in [5, 5.41) is 8.99. The molecule has 0 radical (unpaired) electrons. The lowest BCUT2D eigenvalue weighted by Crippen LogP contribution is -2.55. The zero-order valence-electron chi connectivity index (χ0n) is 11.6. The minimum atomic E-state index is -0.886. The molecule has 2 amide bonds. The van der Waals surface area contributed by atoms with Crippen LogP contribution in [0, 0.1) is 11.8 Å². The molecule has 0 aromatic carbocycles. The van der Waals surface area contributed by atoms with Crippen LogP contribution in [-0.4, -0.2) is 72.6 Å². The van der Waals surface area contributed by atoms with E-state index in [9.17, 15) is 14.4 Å². The van der Waals surface area contributed by atoms with Gasteiger partial charge in [-0.3, -0.25) is 14.4 Å². The predicted molar refractivity (Wildman–Crippen MR) is 68.9 cm³/mol. The van der Waals surface area contributed by atoms with Gasteiger partial charge in [-0.05, 0) is 12.8 Å². The van der Waals surface area contributed by atoms with Gasteiger partial charge in [-0.1, -0.05) is 0 Å². The van der Waals surface area contributed by atoms with Crippen molar-refractivity contribution in [2.45, 2.75) is 12.8 Å². The fraction of sp³-hybridized carbons (Fsp3) is 0.769. The zero-order chi connectivity index (χ0) is 14.7. The molecule has 0 aromatic rings. The fourth-order valence-electron chi connectivity index (χ4n) is 2.72. The smallest absolute Gasteiger partial charge is 0.307 e. The predicted octanol–water partition coefficient (Wildman–Crippen LogP) is -0.586. The van der Waals surface area contributed by atoms with Gasteiger partial charge in [0.15, 0.2) is 0 Å². The van der Waals surface area contributed by atoms with Crippen molar-refractivity contribution in [3.05, 3.63) is 0 Å². The van der Waals surface area contributed by atoms with Gasteiger partial charge >= 0.3 is 5.97 Å². The minimum Gasteiger partial charge on any atom is -0.481 e. The second-order valence-electron chi connectivity index (χ2n) is 5.27. The van der Waals surface area contributed by atoms with Gasteiger partial charge in [0.05, 0.1) is 11.8 Å². The van der Waals surface area contributed by atoms with Gasteiger partial charge in [-0.2, -0.15) is 0 Å². The molecule has 1 N–H and O–H groups in total. The first kappa shape index (κ1) is 14.8. The number of carbonyl (C=O) groups excluding carboxylic acids is 2. The van der Waals surface area contributed by atoms with Crippen LogP contribution in [0.4, 0.5) is 0 Å². The molecule has 2 unspecified atom stereocenters. The van der Waals surface area contributed by atoms with E-state index >= 15 is 0 Å². The number of rotatable bonds is 4. The van der Waals surface area contributed by atoms with Gasteiger partial charge in [0.1, 0.15) is 6.61 Å². The van der Waals surface area contributed by atoms with E-state index < -0.39 is 11.9 Å². The van der Waals surface area contributed by atoms with Crippen LogP contribution in [0.25, 0.3) is 0 Å². The molecule has 0 bridgehead atoms. The van der Waals surface area contributed by atoms with Crippen LogP contribution in [0.15, 0.2) is 0 Å². The number of hydrogen-bond acceptors (Lipinski definition) is 4. The van der Waals surface area contributed by atoms with E-state index in [2.05, 4.69) is 0 Å². The number of carbonyl (C=O) groups is 3. The van der Waals surface area contributed by atoms with Gasteiger partial charge in [-0.25, -0.2) is 0 Å². The molecule has 7 nitrogen and oxygen atoms in total. The molecule has 2 rings (SSSR count). The average molecular weight is 284 g/mol. The molecule has 112 valence electrons. The summed E-state index contributed by atoms with van der Waals surface area (Å²) in [6.45, 7) is 1.96. The average Bonchev–Trinajstić information content (AvgIpc) is 2.37. The number of carboxylic acids is 1. The third kappa shape index (κ3) is 2.92. The van der Waals surface area contributed by atoms with Crippen LogP contribution < -0.4 is 0 Å². The number of piperazine rings is 1. The summed E-state index contributed by atoms with van der Waals surface area (Å²) in [6, 6.07) is 0. The Kier molecular flexibility index (Phi) is 4.59. The maximum atomic E-state index is 12.2. The third-order valence-corrected chi connectivity index (χ3v) is 4.12. The summed E-state index contributed by atoms with van der Waals surface area (Å²) >= 11 is 0. The first-order valence-electron chi connectivity index (χ1n) is 6.83. The van der Waals surface area contributed by atoms with Gasteiger partial charge in [0, 0.05) is 33.3 Å².